The summed E-state index contributed by atoms with van der Waals surface area (Å²) in [5, 5.41) is 3.35. The van der Waals surface area contributed by atoms with E-state index in [9.17, 15) is 0 Å². The highest BCUT2D eigenvalue weighted by atomic mass is 16.5. The maximum absolute atomic E-state index is 5.83. The first kappa shape index (κ1) is 18.7. The molecular formula is C22H26N4O. The second-order valence-corrected chi connectivity index (χ2v) is 6.53. The van der Waals surface area contributed by atoms with Crippen LogP contribution in [0.4, 0.5) is 17.5 Å². The number of hydrogen-bond donors (Lipinski definition) is 1. The van der Waals surface area contributed by atoms with Gasteiger partial charge in [-0.05, 0) is 49.7 Å². The number of para-hydroxylation sites is 1. The molecule has 140 valence electrons. The van der Waals surface area contributed by atoms with Crippen LogP contribution in [0.15, 0.2) is 60.7 Å². The summed E-state index contributed by atoms with van der Waals surface area (Å²) < 4.78 is 5.83. The van der Waals surface area contributed by atoms with Gasteiger partial charge in [0.15, 0.2) is 0 Å². The van der Waals surface area contributed by atoms with Crippen molar-refractivity contribution in [2.75, 3.05) is 23.8 Å². The van der Waals surface area contributed by atoms with Gasteiger partial charge >= 0.3 is 0 Å². The molecular weight excluding hydrogens is 336 g/mol. The number of aryl methyl sites for hydroxylation is 1. The van der Waals surface area contributed by atoms with Gasteiger partial charge < -0.3 is 15.0 Å². The maximum Gasteiger partial charge on any atom is 0.227 e. The summed E-state index contributed by atoms with van der Waals surface area (Å²) in [5.41, 5.74) is 1.89. The summed E-state index contributed by atoms with van der Waals surface area (Å²) in [6.45, 7) is 5.12. The summed E-state index contributed by atoms with van der Waals surface area (Å²) in [5.74, 6) is 3.16. The lowest BCUT2D eigenvalue weighted by Crippen LogP contribution is -2.21. The molecule has 1 heterocycles. The summed E-state index contributed by atoms with van der Waals surface area (Å²) in [4.78, 5) is 11.3. The number of unbranched alkanes of at least 4 members (excludes halogenated alkanes) is 1. The van der Waals surface area contributed by atoms with Crippen molar-refractivity contribution >= 4 is 17.5 Å². The van der Waals surface area contributed by atoms with E-state index in [0.717, 1.165) is 54.0 Å². The number of ether oxygens (including phenoxy) is 1. The summed E-state index contributed by atoms with van der Waals surface area (Å²) in [7, 11) is 2.03. The van der Waals surface area contributed by atoms with Crippen LogP contribution in [-0.2, 0) is 0 Å². The largest absolute Gasteiger partial charge is 0.457 e. The van der Waals surface area contributed by atoms with E-state index in [-0.39, 0.29) is 0 Å². The van der Waals surface area contributed by atoms with Gasteiger partial charge in [-0.25, -0.2) is 4.98 Å². The molecule has 3 aromatic rings. The highest BCUT2D eigenvalue weighted by Crippen LogP contribution is 2.24. The topological polar surface area (TPSA) is 50.3 Å². The lowest BCUT2D eigenvalue weighted by atomic mass is 10.3. The van der Waals surface area contributed by atoms with Crippen molar-refractivity contribution in [3.05, 3.63) is 66.4 Å². The van der Waals surface area contributed by atoms with Crippen LogP contribution in [0.3, 0.4) is 0 Å². The van der Waals surface area contributed by atoms with Gasteiger partial charge in [-0.3, -0.25) is 0 Å². The number of nitrogens with one attached hydrogen (secondary N) is 1. The number of anilines is 3. The Kier molecular flexibility index (Phi) is 6.26. The van der Waals surface area contributed by atoms with Crippen LogP contribution in [0.5, 0.6) is 11.5 Å². The molecule has 1 N–H and O–H groups in total. The predicted molar refractivity (Wildman–Crippen MR) is 111 cm³/mol. The molecule has 5 nitrogen and oxygen atoms in total. The SMILES string of the molecule is CCCCN(C)c1nc(C)cc(Nc2ccc(Oc3ccccc3)cc2)n1. The van der Waals surface area contributed by atoms with Crippen LogP contribution >= 0.6 is 0 Å². The Labute approximate surface area is 161 Å². The summed E-state index contributed by atoms with van der Waals surface area (Å²) >= 11 is 0. The molecule has 0 bridgehead atoms. The standard InChI is InChI=1S/C22H26N4O/c1-4-5-15-26(3)22-23-17(2)16-21(25-22)24-18-11-13-20(14-12-18)27-19-9-7-6-8-10-19/h6-14,16H,4-5,15H2,1-3H3,(H,23,24,25). The molecule has 0 saturated carbocycles. The second kappa shape index (κ2) is 9.03. The van der Waals surface area contributed by atoms with Crippen molar-refractivity contribution < 1.29 is 4.74 Å². The molecule has 0 fully saturated rings. The molecule has 0 aliphatic carbocycles. The van der Waals surface area contributed by atoms with E-state index < -0.39 is 0 Å². The number of aromatic nitrogens is 2. The van der Waals surface area contributed by atoms with Crippen molar-refractivity contribution in [3.63, 3.8) is 0 Å². The zero-order valence-corrected chi connectivity index (χ0v) is 16.1. The number of nitrogens with zero attached hydrogens (tertiary/aromatic N) is 3. The summed E-state index contributed by atoms with van der Waals surface area (Å²) in [6, 6.07) is 19.6. The smallest absolute Gasteiger partial charge is 0.227 e. The van der Waals surface area contributed by atoms with E-state index in [0.29, 0.717) is 0 Å². The number of hydrogen-bond acceptors (Lipinski definition) is 5. The van der Waals surface area contributed by atoms with E-state index in [4.69, 9.17) is 4.74 Å². The fraction of sp³-hybridized carbons (Fsp3) is 0.273. The van der Waals surface area contributed by atoms with Crippen molar-refractivity contribution in [2.45, 2.75) is 26.7 Å². The first-order chi connectivity index (χ1) is 13.1. The molecule has 27 heavy (non-hydrogen) atoms. The summed E-state index contributed by atoms with van der Waals surface area (Å²) in [6.07, 6.45) is 2.28. The van der Waals surface area contributed by atoms with Crippen LogP contribution in [0.2, 0.25) is 0 Å². The third-order valence-corrected chi connectivity index (χ3v) is 4.14. The molecule has 0 aliphatic heterocycles. The Morgan fingerprint density at radius 2 is 1.67 bits per heavy atom. The van der Waals surface area contributed by atoms with Crippen LogP contribution < -0.4 is 15.0 Å². The van der Waals surface area contributed by atoms with Crippen LogP contribution in [0.25, 0.3) is 0 Å². The van der Waals surface area contributed by atoms with Crippen molar-refractivity contribution in [3.8, 4) is 11.5 Å². The molecule has 0 saturated heterocycles. The van der Waals surface area contributed by atoms with E-state index in [1.165, 1.54) is 0 Å². The molecule has 0 unspecified atom stereocenters. The van der Waals surface area contributed by atoms with Gasteiger partial charge in [0.25, 0.3) is 0 Å². The number of benzene rings is 2. The molecule has 3 rings (SSSR count). The molecule has 5 heteroatoms. The predicted octanol–water partition coefficient (Wildman–Crippen LogP) is 5.56. The van der Waals surface area contributed by atoms with Crippen LogP contribution in [-0.4, -0.2) is 23.6 Å². The van der Waals surface area contributed by atoms with Gasteiger partial charge in [-0.15, -0.1) is 0 Å². The minimum atomic E-state index is 0.745. The highest BCUT2D eigenvalue weighted by Gasteiger charge is 2.07. The molecule has 0 spiro atoms. The molecule has 0 radical (unpaired) electrons. The fourth-order valence-corrected chi connectivity index (χ4v) is 2.66. The minimum Gasteiger partial charge on any atom is -0.457 e. The van der Waals surface area contributed by atoms with E-state index in [1.54, 1.807) is 0 Å². The van der Waals surface area contributed by atoms with Gasteiger partial charge in [-0.1, -0.05) is 31.5 Å². The normalized spacial score (nSPS) is 10.5. The molecule has 0 atom stereocenters. The lowest BCUT2D eigenvalue weighted by Gasteiger charge is -2.18. The molecule has 2 aromatic carbocycles. The van der Waals surface area contributed by atoms with Gasteiger partial charge in [0.05, 0.1) is 0 Å². The third-order valence-electron chi connectivity index (χ3n) is 4.14. The van der Waals surface area contributed by atoms with Gasteiger partial charge in [0.1, 0.15) is 17.3 Å². The Morgan fingerprint density at radius 3 is 2.37 bits per heavy atom. The maximum atomic E-state index is 5.83. The van der Waals surface area contributed by atoms with Gasteiger partial charge in [0, 0.05) is 31.0 Å². The monoisotopic (exact) mass is 362 g/mol. The van der Waals surface area contributed by atoms with Gasteiger partial charge in [-0.2, -0.15) is 4.98 Å². The van der Waals surface area contributed by atoms with Gasteiger partial charge in [0.2, 0.25) is 5.95 Å². The second-order valence-electron chi connectivity index (χ2n) is 6.53. The lowest BCUT2D eigenvalue weighted by molar-refractivity contribution is 0.483. The van der Waals surface area contributed by atoms with E-state index >= 15 is 0 Å². The highest BCUT2D eigenvalue weighted by molar-refractivity contribution is 5.58. The first-order valence-corrected chi connectivity index (χ1v) is 9.31. The Balaban J connectivity index is 1.68. The Morgan fingerprint density at radius 1 is 0.963 bits per heavy atom. The molecule has 0 aliphatic rings. The zero-order chi connectivity index (χ0) is 19.1. The molecule has 1 aromatic heterocycles. The first-order valence-electron chi connectivity index (χ1n) is 9.31. The van der Waals surface area contributed by atoms with Crippen LogP contribution in [0, 0.1) is 6.92 Å². The fourth-order valence-electron chi connectivity index (χ4n) is 2.66. The zero-order valence-electron chi connectivity index (χ0n) is 16.1. The average Bonchev–Trinajstić information content (AvgIpc) is 2.68. The van der Waals surface area contributed by atoms with Crippen molar-refractivity contribution in [2.24, 2.45) is 0 Å². The Bertz CT molecular complexity index is 850. The quantitative estimate of drug-likeness (QED) is 0.569. The Hall–Kier alpha value is -3.08. The number of rotatable bonds is 8. The van der Waals surface area contributed by atoms with Crippen LogP contribution in [0.1, 0.15) is 25.5 Å². The van der Waals surface area contributed by atoms with E-state index in [1.807, 2.05) is 74.6 Å². The van der Waals surface area contributed by atoms with Crippen molar-refractivity contribution in [1.82, 2.24) is 9.97 Å². The minimum absolute atomic E-state index is 0.745. The molecule has 0 amide bonds. The third kappa shape index (κ3) is 5.45. The average molecular weight is 362 g/mol. The van der Waals surface area contributed by atoms with E-state index in [2.05, 4.69) is 27.1 Å². The van der Waals surface area contributed by atoms with Crippen molar-refractivity contribution in [1.29, 1.82) is 0 Å².